The van der Waals surface area contributed by atoms with E-state index in [2.05, 4.69) is 72.8 Å². The van der Waals surface area contributed by atoms with Gasteiger partial charge in [0.2, 0.25) is 0 Å². The Morgan fingerprint density at radius 2 is 1.00 bits per heavy atom. The molecule has 0 bridgehead atoms. The molecule has 138 valence electrons. The predicted octanol–water partition coefficient (Wildman–Crippen LogP) is 6.80. The van der Waals surface area contributed by atoms with Crippen LogP contribution in [-0.2, 0) is 9.47 Å². The highest BCUT2D eigenvalue weighted by atomic mass is 16.5. The zero-order valence-electron chi connectivity index (χ0n) is 16.1. The van der Waals surface area contributed by atoms with E-state index in [1.165, 1.54) is 33.4 Å². The van der Waals surface area contributed by atoms with Crippen LogP contribution in [0.5, 0.6) is 0 Å². The van der Waals surface area contributed by atoms with E-state index in [0.29, 0.717) is 0 Å². The van der Waals surface area contributed by atoms with Gasteiger partial charge in [0.05, 0.1) is 26.7 Å². The van der Waals surface area contributed by atoms with Crippen LogP contribution in [0.1, 0.15) is 11.1 Å². The summed E-state index contributed by atoms with van der Waals surface area (Å²) in [5.74, 6) is 0. The van der Waals surface area contributed by atoms with E-state index in [0.717, 1.165) is 11.1 Å². The summed E-state index contributed by atoms with van der Waals surface area (Å²) in [5.41, 5.74) is 9.51. The van der Waals surface area contributed by atoms with Crippen LogP contribution in [0, 0.1) is 0 Å². The normalized spacial score (nSPS) is 11.6. The van der Waals surface area contributed by atoms with Gasteiger partial charge in [-0.05, 0) is 68.8 Å². The van der Waals surface area contributed by atoms with Crippen molar-refractivity contribution in [3.63, 3.8) is 0 Å². The van der Waals surface area contributed by atoms with Gasteiger partial charge >= 0.3 is 0 Å². The van der Waals surface area contributed by atoms with Crippen molar-refractivity contribution in [1.82, 2.24) is 0 Å². The van der Waals surface area contributed by atoms with Crippen molar-refractivity contribution in [2.24, 2.45) is 0 Å². The summed E-state index contributed by atoms with van der Waals surface area (Å²) in [6.07, 6.45) is 7.52. The number of methoxy groups -OCH3 is 2. The fraction of sp³-hybridized carbons (Fsp3) is 0.0769. The molecule has 2 heteroatoms. The Morgan fingerprint density at radius 1 is 0.571 bits per heavy atom. The van der Waals surface area contributed by atoms with Crippen LogP contribution < -0.4 is 0 Å². The van der Waals surface area contributed by atoms with Gasteiger partial charge in [-0.3, -0.25) is 0 Å². The molecule has 4 rings (SSSR count). The summed E-state index contributed by atoms with van der Waals surface area (Å²) in [6.45, 7) is 0. The Bertz CT molecular complexity index is 1000. The molecule has 0 aromatic carbocycles. The highest BCUT2D eigenvalue weighted by Gasteiger charge is 2.22. The minimum Gasteiger partial charge on any atom is -0.504 e. The Morgan fingerprint density at radius 3 is 1.43 bits per heavy atom. The van der Waals surface area contributed by atoms with Crippen molar-refractivity contribution in [3.05, 3.63) is 96.4 Å². The second kappa shape index (κ2) is 8.01. The summed E-state index contributed by atoms with van der Waals surface area (Å²) in [4.78, 5) is 0. The van der Waals surface area contributed by atoms with Crippen molar-refractivity contribution in [2.45, 2.75) is 0 Å². The average Bonchev–Trinajstić information content (AvgIpc) is 2.98. The molecule has 0 unspecified atom stereocenters. The summed E-state index contributed by atoms with van der Waals surface area (Å²) < 4.78 is 10.4. The average molecular weight is 366 g/mol. The van der Waals surface area contributed by atoms with E-state index in [-0.39, 0.29) is 0 Å². The van der Waals surface area contributed by atoms with Crippen LogP contribution in [0.2, 0.25) is 0 Å². The van der Waals surface area contributed by atoms with E-state index in [4.69, 9.17) is 9.47 Å². The molecule has 2 nitrogen and oxygen atoms in total. The number of fused-ring (bicyclic) bond motifs is 2. The molecular weight excluding hydrogens is 344 g/mol. The number of rotatable bonds is 5. The van der Waals surface area contributed by atoms with Gasteiger partial charge in [0.1, 0.15) is 0 Å². The topological polar surface area (TPSA) is 18.5 Å². The molecule has 28 heavy (non-hydrogen) atoms. The lowest BCUT2D eigenvalue weighted by Crippen LogP contribution is -1.83. The predicted molar refractivity (Wildman–Crippen MR) is 117 cm³/mol. The van der Waals surface area contributed by atoms with Crippen LogP contribution in [0.15, 0.2) is 85.3 Å². The zero-order valence-corrected chi connectivity index (χ0v) is 16.1. The first-order valence-electron chi connectivity index (χ1n) is 9.26. The van der Waals surface area contributed by atoms with E-state index in [9.17, 15) is 0 Å². The fourth-order valence-electron chi connectivity index (χ4n) is 3.72. The van der Waals surface area contributed by atoms with Crippen LogP contribution >= 0.6 is 0 Å². The third kappa shape index (κ3) is 3.25. The molecule has 0 atom stereocenters. The monoisotopic (exact) mass is 366 g/mol. The van der Waals surface area contributed by atoms with Crippen LogP contribution in [0.3, 0.4) is 0 Å². The standard InChI is InChI=1S/C26H22O2/c1-27-15-13-21-17-19-9-5-3-7-11-23(19)25(21)26-22(14-16-28-2)18-20-10-6-4-8-12-24(20)26/h3-18H,1-2H3/b15-13+,16-14+. The maximum Gasteiger partial charge on any atom is 0.0830 e. The molecule has 0 aromatic rings. The maximum absolute atomic E-state index is 5.22. The molecule has 0 aromatic heterocycles. The fourth-order valence-corrected chi connectivity index (χ4v) is 3.72. The highest BCUT2D eigenvalue weighted by Crippen LogP contribution is 2.47. The van der Waals surface area contributed by atoms with E-state index >= 15 is 0 Å². The van der Waals surface area contributed by atoms with Gasteiger partial charge in [-0.15, -0.1) is 0 Å². The summed E-state index contributed by atoms with van der Waals surface area (Å²) in [6, 6.07) is 25.5. The first-order valence-corrected chi connectivity index (χ1v) is 9.26. The quantitative estimate of drug-likeness (QED) is 0.362. The number of hydrogen-bond donors (Lipinski definition) is 0. The first-order chi connectivity index (χ1) is 13.8. The maximum atomic E-state index is 5.22. The number of hydrogen-bond acceptors (Lipinski definition) is 2. The van der Waals surface area contributed by atoms with Gasteiger partial charge in [0.15, 0.2) is 0 Å². The van der Waals surface area contributed by atoms with E-state index in [1.54, 1.807) is 26.7 Å². The Balaban J connectivity index is 2.08. The summed E-state index contributed by atoms with van der Waals surface area (Å²) in [5, 5.41) is 0. The third-order valence-corrected chi connectivity index (χ3v) is 4.90. The smallest absolute Gasteiger partial charge is 0.0830 e. The minimum atomic E-state index is 1.13. The van der Waals surface area contributed by atoms with Crippen molar-refractivity contribution >= 4 is 12.2 Å². The molecule has 0 spiro atoms. The second-order valence-electron chi connectivity index (χ2n) is 6.59. The number of ether oxygens (including phenoxy) is 2. The Hall–Kier alpha value is -3.52. The van der Waals surface area contributed by atoms with E-state index < -0.39 is 0 Å². The molecule has 4 aliphatic rings. The molecule has 0 amide bonds. The van der Waals surface area contributed by atoms with Crippen molar-refractivity contribution < 1.29 is 9.47 Å². The van der Waals surface area contributed by atoms with Crippen molar-refractivity contribution in [2.75, 3.05) is 14.2 Å². The third-order valence-electron chi connectivity index (χ3n) is 4.90. The van der Waals surface area contributed by atoms with Crippen molar-refractivity contribution in [3.8, 4) is 33.4 Å². The Labute approximate surface area is 166 Å². The molecule has 4 aliphatic carbocycles. The largest absolute Gasteiger partial charge is 0.504 e. The van der Waals surface area contributed by atoms with Gasteiger partial charge in [-0.25, -0.2) is 0 Å². The molecule has 0 heterocycles. The first kappa shape index (κ1) is 17.9. The molecule has 0 fully saturated rings. The van der Waals surface area contributed by atoms with E-state index in [1.807, 2.05) is 12.2 Å². The lowest BCUT2D eigenvalue weighted by atomic mass is 9.95. The Kier molecular flexibility index (Phi) is 5.11. The van der Waals surface area contributed by atoms with Gasteiger partial charge in [-0.1, -0.05) is 60.7 Å². The van der Waals surface area contributed by atoms with Crippen molar-refractivity contribution in [1.29, 1.82) is 0 Å². The van der Waals surface area contributed by atoms with Gasteiger partial charge < -0.3 is 9.47 Å². The molecule has 0 N–H and O–H groups in total. The van der Waals surface area contributed by atoms with Gasteiger partial charge in [0.25, 0.3) is 0 Å². The SMILES string of the molecule is CO/C=C/c1cc2cccccc-2c1-c1c(/C=C/OC)cc2cccccc1-2. The van der Waals surface area contributed by atoms with Crippen LogP contribution in [0.4, 0.5) is 0 Å². The van der Waals surface area contributed by atoms with Crippen LogP contribution in [-0.4, -0.2) is 14.2 Å². The van der Waals surface area contributed by atoms with Gasteiger partial charge in [-0.2, -0.15) is 0 Å². The second-order valence-corrected chi connectivity index (χ2v) is 6.59. The summed E-state index contributed by atoms with van der Waals surface area (Å²) in [7, 11) is 3.34. The zero-order chi connectivity index (χ0) is 19.3. The summed E-state index contributed by atoms with van der Waals surface area (Å²) >= 11 is 0. The van der Waals surface area contributed by atoms with Gasteiger partial charge in [0, 0.05) is 0 Å². The molecule has 0 saturated heterocycles. The molecule has 0 aliphatic heterocycles. The molecular formula is C26H22O2. The van der Waals surface area contributed by atoms with Crippen LogP contribution in [0.25, 0.3) is 45.5 Å². The lowest BCUT2D eigenvalue weighted by molar-refractivity contribution is 0.341. The molecule has 0 saturated carbocycles. The highest BCUT2D eigenvalue weighted by molar-refractivity contribution is 6.03. The molecule has 0 radical (unpaired) electrons. The minimum absolute atomic E-state index is 1.13. The lowest BCUT2D eigenvalue weighted by Gasteiger charge is -2.08.